The first-order valence-electron chi connectivity index (χ1n) is 9.37. The molecule has 1 aromatic heterocycles. The Morgan fingerprint density at radius 3 is 2.56 bits per heavy atom. The summed E-state index contributed by atoms with van der Waals surface area (Å²) in [7, 11) is 0. The molecular weight excluding hydrogens is 348 g/mol. The summed E-state index contributed by atoms with van der Waals surface area (Å²) in [5.41, 5.74) is 0.428. The summed E-state index contributed by atoms with van der Waals surface area (Å²) in [6.07, 6.45) is 5.79. The number of carboxylic acids is 1. The molecule has 1 aromatic rings. The highest BCUT2D eigenvalue weighted by molar-refractivity contribution is 5.75. The van der Waals surface area contributed by atoms with Crippen molar-refractivity contribution in [3.63, 3.8) is 0 Å². The van der Waals surface area contributed by atoms with E-state index < -0.39 is 5.97 Å². The number of urea groups is 1. The van der Waals surface area contributed by atoms with Crippen LogP contribution in [0.15, 0.2) is 18.3 Å². The van der Waals surface area contributed by atoms with Gasteiger partial charge in [0, 0.05) is 25.3 Å². The summed E-state index contributed by atoms with van der Waals surface area (Å²) in [6.45, 7) is 0.968. The summed E-state index contributed by atoms with van der Waals surface area (Å²) in [6, 6.07) is 5.45. The number of nitrogens with one attached hydrogen (secondary N) is 1. The molecule has 8 nitrogen and oxygen atoms in total. The number of carboxylic acid groups (broad SMARTS) is 1. The Balaban J connectivity index is 1.42. The molecule has 2 heterocycles. The largest absolute Gasteiger partial charge is 0.481 e. The van der Waals surface area contributed by atoms with Crippen LogP contribution in [-0.4, -0.2) is 52.2 Å². The lowest BCUT2D eigenvalue weighted by Crippen LogP contribution is -2.49. The van der Waals surface area contributed by atoms with Crippen LogP contribution in [-0.2, 0) is 4.79 Å². The van der Waals surface area contributed by atoms with E-state index in [0.717, 1.165) is 25.7 Å². The fourth-order valence-corrected chi connectivity index (χ4v) is 3.65. The van der Waals surface area contributed by atoms with Gasteiger partial charge in [0.15, 0.2) is 0 Å². The number of nitriles is 1. The molecule has 2 aliphatic rings. The van der Waals surface area contributed by atoms with Crippen LogP contribution in [0.2, 0.25) is 0 Å². The number of rotatable bonds is 4. The molecule has 0 unspecified atom stereocenters. The Morgan fingerprint density at radius 2 is 1.93 bits per heavy atom. The molecule has 2 N–H and O–H groups in total. The van der Waals surface area contributed by atoms with Crippen LogP contribution in [0.1, 0.15) is 44.1 Å². The first-order chi connectivity index (χ1) is 13.1. The molecule has 2 fully saturated rings. The number of piperidine rings is 1. The molecule has 1 saturated carbocycles. The Kier molecular flexibility index (Phi) is 6.12. The second-order valence-electron chi connectivity index (χ2n) is 7.11. The number of amides is 2. The fraction of sp³-hybridized carbons (Fsp3) is 0.579. The third-order valence-electron chi connectivity index (χ3n) is 5.30. The molecule has 27 heavy (non-hydrogen) atoms. The Hall–Kier alpha value is -2.82. The lowest BCUT2D eigenvalue weighted by molar-refractivity contribution is -0.143. The molecule has 1 saturated heterocycles. The van der Waals surface area contributed by atoms with Gasteiger partial charge in [0.05, 0.1) is 5.92 Å². The van der Waals surface area contributed by atoms with Gasteiger partial charge < -0.3 is 20.1 Å². The molecule has 0 atom stereocenters. The van der Waals surface area contributed by atoms with E-state index >= 15 is 0 Å². The van der Waals surface area contributed by atoms with Crippen molar-refractivity contribution in [1.29, 1.82) is 5.26 Å². The van der Waals surface area contributed by atoms with Gasteiger partial charge in [-0.2, -0.15) is 5.26 Å². The molecule has 1 aliphatic heterocycles. The number of aromatic nitrogens is 1. The molecule has 0 spiro atoms. The zero-order valence-corrected chi connectivity index (χ0v) is 15.1. The number of carbonyl (C=O) groups excluding carboxylic acids is 1. The average Bonchev–Trinajstić information content (AvgIpc) is 2.70. The number of hydrogen-bond donors (Lipinski definition) is 2. The maximum atomic E-state index is 12.4. The molecule has 0 aromatic carbocycles. The molecule has 144 valence electrons. The number of ether oxygens (including phenoxy) is 1. The number of aliphatic carboxylic acids is 1. The number of nitrogens with zero attached hydrogens (tertiary/aromatic N) is 3. The van der Waals surface area contributed by atoms with E-state index in [-0.39, 0.29) is 24.1 Å². The summed E-state index contributed by atoms with van der Waals surface area (Å²) < 4.78 is 5.87. The van der Waals surface area contributed by atoms with Crippen molar-refractivity contribution in [2.24, 2.45) is 5.92 Å². The normalized spacial score (nSPS) is 23.3. The van der Waals surface area contributed by atoms with E-state index in [1.165, 1.54) is 0 Å². The predicted octanol–water partition coefficient (Wildman–Crippen LogP) is 2.15. The van der Waals surface area contributed by atoms with Crippen molar-refractivity contribution in [2.45, 2.75) is 50.7 Å². The van der Waals surface area contributed by atoms with Gasteiger partial charge in [-0.25, -0.2) is 9.78 Å². The third-order valence-corrected chi connectivity index (χ3v) is 5.30. The number of hydrogen-bond acceptors (Lipinski definition) is 5. The zero-order chi connectivity index (χ0) is 19.2. The van der Waals surface area contributed by atoms with Gasteiger partial charge in [0.25, 0.3) is 0 Å². The number of likely N-dealkylation sites (tertiary alicyclic amines) is 1. The molecule has 3 rings (SSSR count). The Morgan fingerprint density at radius 1 is 1.22 bits per heavy atom. The zero-order valence-electron chi connectivity index (χ0n) is 15.1. The van der Waals surface area contributed by atoms with E-state index in [0.29, 0.717) is 37.4 Å². The smallest absolute Gasteiger partial charge is 0.317 e. The third kappa shape index (κ3) is 4.88. The lowest BCUT2D eigenvalue weighted by Gasteiger charge is -2.34. The Labute approximate surface area is 158 Å². The van der Waals surface area contributed by atoms with Crippen LogP contribution >= 0.6 is 0 Å². The SMILES string of the molecule is N#Cc1cccnc1OC1CCC(NC(=O)N2CCC(C(=O)O)CC2)CC1. The molecule has 0 bridgehead atoms. The van der Waals surface area contributed by atoms with E-state index in [9.17, 15) is 9.59 Å². The van der Waals surface area contributed by atoms with Gasteiger partial charge in [0.2, 0.25) is 5.88 Å². The lowest BCUT2D eigenvalue weighted by atomic mass is 9.93. The van der Waals surface area contributed by atoms with Crippen molar-refractivity contribution in [3.05, 3.63) is 23.9 Å². The molecule has 1 aliphatic carbocycles. The quantitative estimate of drug-likeness (QED) is 0.837. The fourth-order valence-electron chi connectivity index (χ4n) is 3.65. The first kappa shape index (κ1) is 19.0. The van der Waals surface area contributed by atoms with Crippen LogP contribution in [0.4, 0.5) is 4.79 Å². The van der Waals surface area contributed by atoms with Gasteiger partial charge in [-0.1, -0.05) is 0 Å². The van der Waals surface area contributed by atoms with Crippen molar-refractivity contribution < 1.29 is 19.4 Å². The molecule has 8 heteroatoms. The van der Waals surface area contributed by atoms with Gasteiger partial charge in [-0.05, 0) is 50.7 Å². The Bertz CT molecular complexity index is 717. The average molecular weight is 372 g/mol. The number of carbonyl (C=O) groups is 2. The minimum atomic E-state index is -0.777. The van der Waals surface area contributed by atoms with Crippen molar-refractivity contribution in [1.82, 2.24) is 15.2 Å². The highest BCUT2D eigenvalue weighted by Gasteiger charge is 2.29. The number of pyridine rings is 1. The van der Waals surface area contributed by atoms with Gasteiger partial charge in [-0.3, -0.25) is 4.79 Å². The topological polar surface area (TPSA) is 116 Å². The monoisotopic (exact) mass is 372 g/mol. The van der Waals surface area contributed by atoms with E-state index in [4.69, 9.17) is 15.1 Å². The van der Waals surface area contributed by atoms with Crippen LogP contribution in [0.5, 0.6) is 5.88 Å². The van der Waals surface area contributed by atoms with Crippen LogP contribution in [0.25, 0.3) is 0 Å². The highest BCUT2D eigenvalue weighted by Crippen LogP contribution is 2.25. The minimum absolute atomic E-state index is 0.00790. The van der Waals surface area contributed by atoms with Crippen LogP contribution in [0, 0.1) is 17.2 Å². The molecule has 2 amide bonds. The second-order valence-corrected chi connectivity index (χ2v) is 7.11. The van der Waals surface area contributed by atoms with Crippen molar-refractivity contribution in [3.8, 4) is 11.9 Å². The standard InChI is InChI=1S/C19H24N4O4/c20-12-14-2-1-9-21-17(14)27-16-5-3-15(4-6-16)22-19(26)23-10-7-13(8-11-23)18(24)25/h1-2,9,13,15-16H,3-8,10-11H2,(H,22,26)(H,24,25). The summed E-state index contributed by atoms with van der Waals surface area (Å²) in [4.78, 5) is 29.2. The summed E-state index contributed by atoms with van der Waals surface area (Å²) in [5, 5.41) is 21.2. The van der Waals surface area contributed by atoms with Gasteiger partial charge in [0.1, 0.15) is 17.7 Å². The maximum absolute atomic E-state index is 12.4. The van der Waals surface area contributed by atoms with E-state index in [1.54, 1.807) is 23.2 Å². The maximum Gasteiger partial charge on any atom is 0.317 e. The van der Waals surface area contributed by atoms with Crippen LogP contribution < -0.4 is 10.1 Å². The van der Waals surface area contributed by atoms with E-state index in [1.807, 2.05) is 0 Å². The predicted molar refractivity (Wildman–Crippen MR) is 96.1 cm³/mol. The van der Waals surface area contributed by atoms with E-state index in [2.05, 4.69) is 16.4 Å². The minimum Gasteiger partial charge on any atom is -0.481 e. The highest BCUT2D eigenvalue weighted by atomic mass is 16.5. The van der Waals surface area contributed by atoms with Gasteiger partial charge >= 0.3 is 12.0 Å². The van der Waals surface area contributed by atoms with Crippen molar-refractivity contribution in [2.75, 3.05) is 13.1 Å². The van der Waals surface area contributed by atoms with Crippen molar-refractivity contribution >= 4 is 12.0 Å². The summed E-state index contributed by atoms with van der Waals surface area (Å²) in [5.74, 6) is -0.749. The molecular formula is C19H24N4O4. The van der Waals surface area contributed by atoms with Gasteiger partial charge in [-0.15, -0.1) is 0 Å². The molecule has 0 radical (unpaired) electrons. The first-order valence-corrected chi connectivity index (χ1v) is 9.37. The second kappa shape index (κ2) is 8.71. The summed E-state index contributed by atoms with van der Waals surface area (Å²) >= 11 is 0. The van der Waals surface area contributed by atoms with Crippen LogP contribution in [0.3, 0.4) is 0 Å².